The van der Waals surface area contributed by atoms with Crippen molar-refractivity contribution >= 4 is 34.4 Å². The number of Topliss-reactive ketones (excluding diaryl/α,β-unsaturated/α-hetero) is 1. The van der Waals surface area contributed by atoms with Gasteiger partial charge in [0.25, 0.3) is 0 Å². The molecule has 0 N–H and O–H groups in total. The molecule has 0 radical (unpaired) electrons. The van der Waals surface area contributed by atoms with E-state index in [1.54, 1.807) is 0 Å². The Hall–Kier alpha value is -0.0000000000000000555. The van der Waals surface area contributed by atoms with E-state index in [0.29, 0.717) is 16.9 Å². The fourth-order valence-corrected chi connectivity index (χ4v) is 4.18. The van der Waals surface area contributed by atoms with E-state index in [1.807, 2.05) is 32.5 Å². The van der Waals surface area contributed by atoms with Crippen LogP contribution in [0, 0.1) is 11.8 Å². The van der Waals surface area contributed by atoms with Crippen LogP contribution in [0.25, 0.3) is 0 Å². The Morgan fingerprint density at radius 1 is 1.19 bits per heavy atom. The zero-order valence-electron chi connectivity index (χ0n) is 13.4. The molecule has 0 bridgehead atoms. The van der Waals surface area contributed by atoms with Crippen molar-refractivity contribution in [2.45, 2.75) is 58.1 Å². The first-order chi connectivity index (χ1) is 10.1. The summed E-state index contributed by atoms with van der Waals surface area (Å²) in [6.45, 7) is 5.85. The lowest BCUT2D eigenvalue weighted by molar-refractivity contribution is -0.132. The van der Waals surface area contributed by atoms with Gasteiger partial charge in [0.2, 0.25) is 5.12 Å². The number of rotatable bonds is 9. The van der Waals surface area contributed by atoms with E-state index >= 15 is 0 Å². The minimum atomic E-state index is -0.595. The number of carbonyl (C=O) groups excluding carboxylic acids is 2. The van der Waals surface area contributed by atoms with Crippen molar-refractivity contribution in [3.8, 4) is 0 Å². The molecule has 0 aromatic rings. The Morgan fingerprint density at radius 3 is 2.43 bits per heavy atom. The molecule has 21 heavy (non-hydrogen) atoms. The summed E-state index contributed by atoms with van der Waals surface area (Å²) in [5.41, 5.74) is 0. The van der Waals surface area contributed by atoms with E-state index in [9.17, 15) is 9.59 Å². The second-order valence-corrected chi connectivity index (χ2v) is 8.28. The van der Waals surface area contributed by atoms with Crippen LogP contribution < -0.4 is 0 Å². The molecule has 3 nitrogen and oxygen atoms in total. The van der Waals surface area contributed by atoms with E-state index in [1.165, 1.54) is 43.9 Å². The van der Waals surface area contributed by atoms with Gasteiger partial charge in [0, 0.05) is 11.2 Å². The highest BCUT2D eigenvalue weighted by Gasteiger charge is 2.28. The second kappa shape index (κ2) is 10.7. The third kappa shape index (κ3) is 7.20. The van der Waals surface area contributed by atoms with Gasteiger partial charge in [-0.1, -0.05) is 51.8 Å². The molecule has 0 saturated heterocycles. The SMILES string of the molecule is CCSC(=O)C(COCSC1CCCCC1)C(=O)C(C)C. The van der Waals surface area contributed by atoms with E-state index in [4.69, 9.17) is 4.74 Å². The summed E-state index contributed by atoms with van der Waals surface area (Å²) in [5.74, 6) is 0.588. The van der Waals surface area contributed by atoms with Crippen LogP contribution >= 0.6 is 23.5 Å². The smallest absolute Gasteiger partial charge is 0.201 e. The molecule has 0 aromatic heterocycles. The van der Waals surface area contributed by atoms with Crippen LogP contribution in [0.15, 0.2) is 0 Å². The number of hydrogen-bond donors (Lipinski definition) is 0. The quantitative estimate of drug-likeness (QED) is 0.360. The zero-order valence-corrected chi connectivity index (χ0v) is 15.1. The normalized spacial score (nSPS) is 17.9. The van der Waals surface area contributed by atoms with Gasteiger partial charge < -0.3 is 4.74 Å². The third-order valence-electron chi connectivity index (χ3n) is 3.71. The highest BCUT2D eigenvalue weighted by Crippen LogP contribution is 2.28. The average molecular weight is 333 g/mol. The lowest BCUT2D eigenvalue weighted by Crippen LogP contribution is -2.30. The summed E-state index contributed by atoms with van der Waals surface area (Å²) < 4.78 is 5.65. The minimum absolute atomic E-state index is 0.00335. The number of ketones is 1. The molecule has 0 heterocycles. The Balaban J connectivity index is 2.34. The Kier molecular flexibility index (Phi) is 9.69. The predicted octanol–water partition coefficient (Wildman–Crippen LogP) is 4.15. The molecule has 1 aliphatic rings. The Bertz CT molecular complexity index is 325. The van der Waals surface area contributed by atoms with Crippen molar-refractivity contribution in [1.29, 1.82) is 0 Å². The first-order valence-electron chi connectivity index (χ1n) is 7.96. The van der Waals surface area contributed by atoms with Gasteiger partial charge in [-0.3, -0.25) is 9.59 Å². The summed E-state index contributed by atoms with van der Waals surface area (Å²) in [7, 11) is 0. The van der Waals surface area contributed by atoms with Crippen LogP contribution in [-0.2, 0) is 14.3 Å². The maximum absolute atomic E-state index is 12.1. The average Bonchev–Trinajstić information content (AvgIpc) is 2.47. The lowest BCUT2D eigenvalue weighted by atomic mass is 9.97. The molecule has 1 aliphatic carbocycles. The van der Waals surface area contributed by atoms with E-state index in [2.05, 4.69) is 0 Å². The zero-order chi connectivity index (χ0) is 15.7. The van der Waals surface area contributed by atoms with Crippen molar-refractivity contribution in [3.05, 3.63) is 0 Å². The van der Waals surface area contributed by atoms with Gasteiger partial charge >= 0.3 is 0 Å². The van der Waals surface area contributed by atoms with Gasteiger partial charge in [0.1, 0.15) is 11.7 Å². The lowest BCUT2D eigenvalue weighted by Gasteiger charge is -2.21. The summed E-state index contributed by atoms with van der Waals surface area (Å²) in [6, 6.07) is 0. The number of thioether (sulfide) groups is 2. The maximum Gasteiger partial charge on any atom is 0.201 e. The summed E-state index contributed by atoms with van der Waals surface area (Å²) >= 11 is 3.06. The van der Waals surface area contributed by atoms with Crippen molar-refractivity contribution in [1.82, 2.24) is 0 Å². The van der Waals surface area contributed by atoms with Crippen molar-refractivity contribution in [2.75, 3.05) is 18.3 Å². The van der Waals surface area contributed by atoms with Crippen molar-refractivity contribution in [2.24, 2.45) is 11.8 Å². The van der Waals surface area contributed by atoms with E-state index < -0.39 is 5.92 Å². The van der Waals surface area contributed by atoms with E-state index in [0.717, 1.165) is 0 Å². The third-order valence-corrected chi connectivity index (χ3v) is 5.81. The molecule has 1 unspecified atom stereocenters. The number of ether oxygens (including phenoxy) is 1. The van der Waals surface area contributed by atoms with E-state index in [-0.39, 0.29) is 23.4 Å². The molecule has 1 rings (SSSR count). The monoisotopic (exact) mass is 332 g/mol. The molecule has 1 atom stereocenters. The van der Waals surface area contributed by atoms with Gasteiger partial charge in [-0.2, -0.15) is 0 Å². The molecule has 0 aromatic carbocycles. The van der Waals surface area contributed by atoms with Gasteiger partial charge in [-0.15, -0.1) is 11.8 Å². The highest BCUT2D eigenvalue weighted by atomic mass is 32.2. The van der Waals surface area contributed by atoms with Crippen LogP contribution in [0.2, 0.25) is 0 Å². The first kappa shape index (κ1) is 19.0. The molecule has 122 valence electrons. The molecular formula is C16H28O3S2. The Morgan fingerprint density at radius 2 is 1.86 bits per heavy atom. The second-order valence-electron chi connectivity index (χ2n) is 5.78. The number of hydrogen-bond acceptors (Lipinski definition) is 5. The van der Waals surface area contributed by atoms with Crippen LogP contribution in [-0.4, -0.2) is 34.4 Å². The van der Waals surface area contributed by atoms with Crippen molar-refractivity contribution in [3.63, 3.8) is 0 Å². The molecule has 5 heteroatoms. The summed E-state index contributed by atoms with van der Waals surface area (Å²) in [4.78, 5) is 24.2. The van der Waals surface area contributed by atoms with Crippen molar-refractivity contribution < 1.29 is 14.3 Å². The Labute approximate surface area is 137 Å². The molecule has 1 saturated carbocycles. The van der Waals surface area contributed by atoms with Gasteiger partial charge in [0.15, 0.2) is 0 Å². The fraction of sp³-hybridized carbons (Fsp3) is 0.875. The van der Waals surface area contributed by atoms with Crippen LogP contribution in [0.1, 0.15) is 52.9 Å². The largest absolute Gasteiger partial charge is 0.370 e. The van der Waals surface area contributed by atoms with Crippen LogP contribution in [0.5, 0.6) is 0 Å². The first-order valence-corrected chi connectivity index (χ1v) is 9.99. The highest BCUT2D eigenvalue weighted by molar-refractivity contribution is 8.13. The summed E-state index contributed by atoms with van der Waals surface area (Å²) in [6.07, 6.45) is 6.53. The molecular weight excluding hydrogens is 304 g/mol. The minimum Gasteiger partial charge on any atom is -0.370 e. The predicted molar refractivity (Wildman–Crippen MR) is 91.8 cm³/mol. The molecule has 0 aliphatic heterocycles. The maximum atomic E-state index is 12.1. The topological polar surface area (TPSA) is 43.4 Å². The van der Waals surface area contributed by atoms with Gasteiger partial charge in [-0.25, -0.2) is 0 Å². The fourth-order valence-electron chi connectivity index (χ4n) is 2.45. The standard InChI is InChI=1S/C16H28O3S2/c1-4-20-16(18)14(15(17)12(2)3)10-19-11-21-13-8-6-5-7-9-13/h12-14H,4-11H2,1-3H3. The molecule has 0 amide bonds. The van der Waals surface area contributed by atoms with Gasteiger partial charge in [0.05, 0.1) is 12.5 Å². The number of carbonyl (C=O) groups is 2. The molecule has 0 spiro atoms. The van der Waals surface area contributed by atoms with Crippen LogP contribution in [0.3, 0.4) is 0 Å². The molecule has 1 fully saturated rings. The van der Waals surface area contributed by atoms with Crippen LogP contribution in [0.4, 0.5) is 0 Å². The van der Waals surface area contributed by atoms with Gasteiger partial charge in [-0.05, 0) is 18.6 Å². The summed E-state index contributed by atoms with van der Waals surface area (Å²) in [5, 5.41) is 0.651.